The third-order valence-corrected chi connectivity index (χ3v) is 3.83. The van der Waals surface area contributed by atoms with Gasteiger partial charge in [0.15, 0.2) is 0 Å². The second-order valence-electron chi connectivity index (χ2n) is 5.85. The van der Waals surface area contributed by atoms with E-state index >= 15 is 0 Å². The zero-order valence-corrected chi connectivity index (χ0v) is 13.8. The maximum atomic E-state index is 5.14. The molecule has 0 spiro atoms. The Morgan fingerprint density at radius 1 is 1.33 bits per heavy atom. The SMILES string of the molecule is CCCNc1nc(C2CC2)nc(N(C)CCCOC)c1C. The Balaban J connectivity index is 2.18. The summed E-state index contributed by atoms with van der Waals surface area (Å²) in [4.78, 5) is 11.8. The summed E-state index contributed by atoms with van der Waals surface area (Å²) in [5, 5.41) is 3.45. The van der Waals surface area contributed by atoms with Gasteiger partial charge in [-0.05, 0) is 32.6 Å². The predicted molar refractivity (Wildman–Crippen MR) is 87.3 cm³/mol. The minimum Gasteiger partial charge on any atom is -0.385 e. The summed E-state index contributed by atoms with van der Waals surface area (Å²) < 4.78 is 5.14. The van der Waals surface area contributed by atoms with Gasteiger partial charge in [-0.2, -0.15) is 0 Å². The summed E-state index contributed by atoms with van der Waals surface area (Å²) in [6.07, 6.45) is 4.56. The summed E-state index contributed by atoms with van der Waals surface area (Å²) in [6, 6.07) is 0. The molecule has 1 aliphatic rings. The number of hydrogen-bond donors (Lipinski definition) is 1. The van der Waals surface area contributed by atoms with Gasteiger partial charge in [-0.25, -0.2) is 9.97 Å². The van der Waals surface area contributed by atoms with Gasteiger partial charge in [0.1, 0.15) is 17.5 Å². The van der Waals surface area contributed by atoms with Crippen molar-refractivity contribution in [3.8, 4) is 0 Å². The van der Waals surface area contributed by atoms with Gasteiger partial charge in [-0.15, -0.1) is 0 Å². The largest absolute Gasteiger partial charge is 0.385 e. The molecule has 1 fully saturated rings. The second-order valence-corrected chi connectivity index (χ2v) is 5.85. The van der Waals surface area contributed by atoms with E-state index in [4.69, 9.17) is 14.7 Å². The van der Waals surface area contributed by atoms with Crippen LogP contribution in [0.2, 0.25) is 0 Å². The van der Waals surface area contributed by atoms with Crippen molar-refractivity contribution in [1.29, 1.82) is 0 Å². The van der Waals surface area contributed by atoms with Crippen LogP contribution >= 0.6 is 0 Å². The molecule has 0 aliphatic heterocycles. The van der Waals surface area contributed by atoms with Crippen LogP contribution in [-0.4, -0.2) is 43.8 Å². The standard InChI is InChI=1S/C16H28N4O/c1-5-9-17-14-12(2)16(20(3)10-6-11-21-4)19-15(18-14)13-7-8-13/h13H,5-11H2,1-4H3,(H,17,18,19). The first-order chi connectivity index (χ1) is 10.2. The molecule has 5 nitrogen and oxygen atoms in total. The summed E-state index contributed by atoms with van der Waals surface area (Å²) in [5.41, 5.74) is 1.15. The number of nitrogens with zero attached hydrogens (tertiary/aromatic N) is 3. The molecule has 0 saturated heterocycles. The van der Waals surface area contributed by atoms with Crippen LogP contribution in [0.4, 0.5) is 11.6 Å². The lowest BCUT2D eigenvalue weighted by atomic mass is 10.2. The molecule has 21 heavy (non-hydrogen) atoms. The molecule has 118 valence electrons. The van der Waals surface area contributed by atoms with Crippen LogP contribution in [0.1, 0.15) is 49.9 Å². The molecule has 1 N–H and O–H groups in total. The van der Waals surface area contributed by atoms with Crippen LogP contribution in [0, 0.1) is 6.92 Å². The highest BCUT2D eigenvalue weighted by atomic mass is 16.5. The van der Waals surface area contributed by atoms with Crippen molar-refractivity contribution in [2.24, 2.45) is 0 Å². The first-order valence-corrected chi connectivity index (χ1v) is 7.99. The molecular weight excluding hydrogens is 264 g/mol. The third kappa shape index (κ3) is 4.30. The molecule has 0 amide bonds. The van der Waals surface area contributed by atoms with E-state index in [1.54, 1.807) is 7.11 Å². The number of hydrogen-bond acceptors (Lipinski definition) is 5. The number of nitrogens with one attached hydrogen (secondary N) is 1. The molecule has 0 atom stereocenters. The van der Waals surface area contributed by atoms with E-state index in [1.807, 2.05) is 0 Å². The Morgan fingerprint density at radius 3 is 2.71 bits per heavy atom. The van der Waals surface area contributed by atoms with Gasteiger partial charge in [-0.3, -0.25) is 0 Å². The van der Waals surface area contributed by atoms with Gasteiger partial charge in [0.2, 0.25) is 0 Å². The van der Waals surface area contributed by atoms with Gasteiger partial charge >= 0.3 is 0 Å². The summed E-state index contributed by atoms with van der Waals surface area (Å²) in [5.74, 6) is 3.63. The van der Waals surface area contributed by atoms with Gasteiger partial charge in [-0.1, -0.05) is 6.92 Å². The number of rotatable bonds is 9. The third-order valence-electron chi connectivity index (χ3n) is 3.83. The lowest BCUT2D eigenvalue weighted by molar-refractivity contribution is 0.196. The van der Waals surface area contributed by atoms with Gasteiger partial charge in [0, 0.05) is 45.3 Å². The minimum atomic E-state index is 0.568. The molecule has 1 heterocycles. The van der Waals surface area contributed by atoms with Crippen LogP contribution in [-0.2, 0) is 4.74 Å². The van der Waals surface area contributed by atoms with E-state index in [1.165, 1.54) is 12.8 Å². The fourth-order valence-electron chi connectivity index (χ4n) is 2.38. The van der Waals surface area contributed by atoms with Crippen molar-refractivity contribution in [1.82, 2.24) is 9.97 Å². The molecular formula is C16H28N4O. The average Bonchev–Trinajstić information content (AvgIpc) is 3.31. The highest BCUT2D eigenvalue weighted by Gasteiger charge is 2.28. The molecule has 0 radical (unpaired) electrons. The fraction of sp³-hybridized carbons (Fsp3) is 0.750. The number of methoxy groups -OCH3 is 1. The Morgan fingerprint density at radius 2 is 2.10 bits per heavy atom. The molecule has 5 heteroatoms. The zero-order valence-electron chi connectivity index (χ0n) is 13.8. The van der Waals surface area contributed by atoms with Gasteiger partial charge < -0.3 is 15.0 Å². The molecule has 1 aliphatic carbocycles. The van der Waals surface area contributed by atoms with Crippen LogP contribution < -0.4 is 10.2 Å². The van der Waals surface area contributed by atoms with Crippen LogP contribution in [0.3, 0.4) is 0 Å². The molecule has 0 aromatic carbocycles. The summed E-state index contributed by atoms with van der Waals surface area (Å²) >= 11 is 0. The molecule has 1 aromatic heterocycles. The Bertz CT molecular complexity index is 460. The van der Waals surface area contributed by atoms with Crippen molar-refractivity contribution in [3.63, 3.8) is 0 Å². The first-order valence-electron chi connectivity index (χ1n) is 7.99. The number of anilines is 2. The van der Waals surface area contributed by atoms with Crippen LogP contribution in [0.15, 0.2) is 0 Å². The van der Waals surface area contributed by atoms with Crippen molar-refractivity contribution >= 4 is 11.6 Å². The number of ether oxygens (including phenoxy) is 1. The highest BCUT2D eigenvalue weighted by molar-refractivity contribution is 5.58. The predicted octanol–water partition coefficient (Wildman–Crippen LogP) is 2.96. The van der Waals surface area contributed by atoms with E-state index in [0.717, 1.165) is 55.6 Å². The van der Waals surface area contributed by atoms with Gasteiger partial charge in [0.25, 0.3) is 0 Å². The quantitative estimate of drug-likeness (QED) is 0.709. The second kappa shape index (κ2) is 7.59. The summed E-state index contributed by atoms with van der Waals surface area (Å²) in [6.45, 7) is 6.96. The maximum absolute atomic E-state index is 5.14. The fourth-order valence-corrected chi connectivity index (χ4v) is 2.38. The molecule has 2 rings (SSSR count). The topological polar surface area (TPSA) is 50.3 Å². The maximum Gasteiger partial charge on any atom is 0.137 e. The van der Waals surface area contributed by atoms with Crippen molar-refractivity contribution < 1.29 is 4.74 Å². The van der Waals surface area contributed by atoms with Crippen molar-refractivity contribution in [3.05, 3.63) is 11.4 Å². The van der Waals surface area contributed by atoms with E-state index < -0.39 is 0 Å². The molecule has 0 unspecified atom stereocenters. The van der Waals surface area contributed by atoms with Gasteiger partial charge in [0.05, 0.1) is 0 Å². The average molecular weight is 292 g/mol. The molecule has 1 saturated carbocycles. The molecule has 0 bridgehead atoms. The monoisotopic (exact) mass is 292 g/mol. The van der Waals surface area contributed by atoms with Crippen molar-refractivity contribution in [2.45, 2.75) is 45.4 Å². The lowest BCUT2D eigenvalue weighted by Gasteiger charge is -2.22. The Hall–Kier alpha value is -1.36. The molecule has 1 aromatic rings. The minimum absolute atomic E-state index is 0.568. The van der Waals surface area contributed by atoms with Crippen molar-refractivity contribution in [2.75, 3.05) is 44.1 Å². The smallest absolute Gasteiger partial charge is 0.137 e. The lowest BCUT2D eigenvalue weighted by Crippen LogP contribution is -2.23. The van der Waals surface area contributed by atoms with E-state index in [2.05, 4.69) is 31.1 Å². The van der Waals surface area contributed by atoms with E-state index in [0.29, 0.717) is 5.92 Å². The Kier molecular flexibility index (Phi) is 5.79. The Labute approximate surface area is 128 Å². The van der Waals surface area contributed by atoms with E-state index in [-0.39, 0.29) is 0 Å². The first kappa shape index (κ1) is 16.0. The van der Waals surface area contributed by atoms with Crippen LogP contribution in [0.25, 0.3) is 0 Å². The number of aromatic nitrogens is 2. The van der Waals surface area contributed by atoms with Crippen LogP contribution in [0.5, 0.6) is 0 Å². The zero-order chi connectivity index (χ0) is 15.2. The highest BCUT2D eigenvalue weighted by Crippen LogP contribution is 2.40. The summed E-state index contributed by atoms with van der Waals surface area (Å²) in [7, 11) is 3.85. The van der Waals surface area contributed by atoms with E-state index in [9.17, 15) is 0 Å². The normalized spacial score (nSPS) is 14.3.